The van der Waals surface area contributed by atoms with Crippen molar-refractivity contribution >= 4 is 27.8 Å². The van der Waals surface area contributed by atoms with E-state index in [1.54, 1.807) is 24.5 Å². The number of aryl methyl sites for hydroxylation is 1. The maximum atomic E-state index is 14.4. The van der Waals surface area contributed by atoms with E-state index in [2.05, 4.69) is 10.2 Å². The lowest BCUT2D eigenvalue weighted by Crippen LogP contribution is -2.21. The number of aromatic amines is 1. The Bertz CT molecular complexity index is 2020. The van der Waals surface area contributed by atoms with Gasteiger partial charge in [-0.3, -0.25) is 0 Å². The minimum absolute atomic E-state index is 0.297. The summed E-state index contributed by atoms with van der Waals surface area (Å²) in [4.78, 5) is 21.9. The maximum Gasteiger partial charge on any atom is 0.490 e. The van der Waals surface area contributed by atoms with Gasteiger partial charge in [-0.25, -0.2) is 28.0 Å². The number of fused-ring (bicyclic) bond motifs is 2. The quantitative estimate of drug-likeness (QED) is 0.251. The fourth-order valence-corrected chi connectivity index (χ4v) is 4.65. The van der Waals surface area contributed by atoms with Gasteiger partial charge in [0, 0.05) is 53.5 Å². The number of benzene rings is 3. The van der Waals surface area contributed by atoms with E-state index in [1.807, 2.05) is 40.4 Å². The van der Waals surface area contributed by atoms with Gasteiger partial charge in [0.1, 0.15) is 11.6 Å². The minimum Gasteiger partial charge on any atom is -0.475 e. The van der Waals surface area contributed by atoms with Crippen LogP contribution in [0.1, 0.15) is 5.56 Å². The maximum absolute atomic E-state index is 14.4. The van der Waals surface area contributed by atoms with Crippen molar-refractivity contribution in [1.82, 2.24) is 23.9 Å². The molecule has 0 unspecified atom stereocenters. The van der Waals surface area contributed by atoms with Gasteiger partial charge >= 0.3 is 17.8 Å². The summed E-state index contributed by atoms with van der Waals surface area (Å²) >= 11 is 0. The van der Waals surface area contributed by atoms with Gasteiger partial charge in [-0.15, -0.1) is 0 Å². The second-order valence-electron chi connectivity index (χ2n) is 9.23. The predicted molar refractivity (Wildman–Crippen MR) is 144 cm³/mol. The second-order valence-corrected chi connectivity index (χ2v) is 9.23. The predicted octanol–water partition coefficient (Wildman–Crippen LogP) is 5.03. The standard InChI is InChI=1S/C26H20F2N6O.C2HF3O2/c1-32-13-21(19-10-16(27)5-7-22(19)32)25-30-31-26(35)34(25)24-14-33(18-4-2-3-15(9-18)12-29)23-8-6-17(28)11-20(23)24;3-2(4,5)1(6)7/h2-11,13-14H,12,29H2,1H3,(H,31,35);(H,6,7). The van der Waals surface area contributed by atoms with E-state index in [9.17, 15) is 26.7 Å². The lowest BCUT2D eigenvalue weighted by atomic mass is 10.1. The number of aliphatic carboxylic acids is 1. The van der Waals surface area contributed by atoms with Crippen molar-refractivity contribution in [3.8, 4) is 22.8 Å². The Hall–Kier alpha value is -5.24. The summed E-state index contributed by atoms with van der Waals surface area (Å²) < 4.78 is 65.4. The fraction of sp³-hybridized carbons (Fsp3) is 0.107. The van der Waals surface area contributed by atoms with Crippen molar-refractivity contribution in [2.75, 3.05) is 0 Å². The number of hydrogen-bond donors (Lipinski definition) is 3. The Balaban J connectivity index is 0.000000451. The number of carboxylic acids is 1. The van der Waals surface area contributed by atoms with Crippen LogP contribution in [0.2, 0.25) is 0 Å². The van der Waals surface area contributed by atoms with Gasteiger partial charge < -0.3 is 20.0 Å². The Labute approximate surface area is 232 Å². The van der Waals surface area contributed by atoms with Crippen LogP contribution < -0.4 is 11.4 Å². The van der Waals surface area contributed by atoms with Gasteiger partial charge in [0.2, 0.25) is 0 Å². The van der Waals surface area contributed by atoms with Crippen LogP contribution in [0.5, 0.6) is 0 Å². The van der Waals surface area contributed by atoms with Crippen LogP contribution in [0.4, 0.5) is 22.0 Å². The van der Waals surface area contributed by atoms with E-state index in [-0.39, 0.29) is 0 Å². The van der Waals surface area contributed by atoms with Crippen molar-refractivity contribution in [3.05, 3.63) is 101 Å². The van der Waals surface area contributed by atoms with Crippen LogP contribution in [0, 0.1) is 11.6 Å². The first-order valence-corrected chi connectivity index (χ1v) is 12.2. The SMILES string of the molecule is Cn1cc(-c2n[nH]c(=O)n2-c2cn(-c3cccc(CN)c3)c3ccc(F)cc23)c2cc(F)ccc21.O=C(O)C(F)(F)F. The summed E-state index contributed by atoms with van der Waals surface area (Å²) in [5.41, 5.74) is 9.60. The van der Waals surface area contributed by atoms with E-state index in [1.165, 1.54) is 28.8 Å². The van der Waals surface area contributed by atoms with Crippen LogP contribution >= 0.6 is 0 Å². The monoisotopic (exact) mass is 584 g/mol. The van der Waals surface area contributed by atoms with E-state index in [4.69, 9.17) is 15.6 Å². The lowest BCUT2D eigenvalue weighted by molar-refractivity contribution is -0.192. The van der Waals surface area contributed by atoms with Gasteiger partial charge in [0.25, 0.3) is 0 Å². The number of rotatable bonds is 4. The fourth-order valence-electron chi connectivity index (χ4n) is 4.65. The molecule has 0 radical (unpaired) electrons. The van der Waals surface area contributed by atoms with E-state index >= 15 is 0 Å². The lowest BCUT2D eigenvalue weighted by Gasteiger charge is -2.07. The first kappa shape index (κ1) is 28.3. The van der Waals surface area contributed by atoms with Crippen LogP contribution in [-0.4, -0.2) is 41.2 Å². The number of alkyl halides is 3. The first-order chi connectivity index (χ1) is 19.9. The molecular formula is C28H21F5N6O3. The summed E-state index contributed by atoms with van der Waals surface area (Å²) in [5, 5.41) is 15.0. The number of halogens is 5. The first-order valence-electron chi connectivity index (χ1n) is 12.2. The molecule has 3 aromatic carbocycles. The normalized spacial score (nSPS) is 11.6. The minimum atomic E-state index is -5.08. The number of aromatic nitrogens is 5. The molecule has 0 amide bonds. The molecule has 0 saturated heterocycles. The third-order valence-electron chi connectivity index (χ3n) is 6.52. The Morgan fingerprint density at radius 2 is 1.62 bits per heavy atom. The molecule has 0 atom stereocenters. The third-order valence-corrected chi connectivity index (χ3v) is 6.52. The zero-order valence-corrected chi connectivity index (χ0v) is 21.7. The zero-order valence-electron chi connectivity index (χ0n) is 21.7. The molecule has 0 saturated carbocycles. The largest absolute Gasteiger partial charge is 0.490 e. The summed E-state index contributed by atoms with van der Waals surface area (Å²) in [7, 11) is 1.84. The molecule has 216 valence electrons. The Morgan fingerprint density at radius 1 is 0.976 bits per heavy atom. The number of nitrogens with one attached hydrogen (secondary N) is 1. The van der Waals surface area contributed by atoms with Crippen molar-refractivity contribution in [1.29, 1.82) is 0 Å². The molecule has 0 aliphatic heterocycles. The molecule has 0 spiro atoms. The highest BCUT2D eigenvalue weighted by Gasteiger charge is 2.38. The van der Waals surface area contributed by atoms with Gasteiger partial charge in [-0.1, -0.05) is 12.1 Å². The molecule has 3 heterocycles. The van der Waals surface area contributed by atoms with E-state index < -0.39 is 29.5 Å². The highest BCUT2D eigenvalue weighted by molar-refractivity contribution is 5.96. The van der Waals surface area contributed by atoms with Gasteiger partial charge in [0.05, 0.1) is 11.2 Å². The average Bonchev–Trinajstić information content (AvgIpc) is 3.60. The molecule has 6 aromatic rings. The number of carboxylic acid groups (broad SMARTS) is 1. The van der Waals surface area contributed by atoms with E-state index in [0.717, 1.165) is 16.8 Å². The van der Waals surface area contributed by atoms with Crippen molar-refractivity contribution in [2.45, 2.75) is 12.7 Å². The molecule has 14 heteroatoms. The van der Waals surface area contributed by atoms with Gasteiger partial charge in [-0.05, 0) is 54.1 Å². The van der Waals surface area contributed by atoms with Crippen molar-refractivity contribution in [2.24, 2.45) is 12.8 Å². The molecular weight excluding hydrogens is 563 g/mol. The molecule has 0 fully saturated rings. The summed E-state index contributed by atoms with van der Waals surface area (Å²) in [5.74, 6) is -3.29. The molecule has 0 aliphatic carbocycles. The molecule has 9 nitrogen and oxygen atoms in total. The average molecular weight is 585 g/mol. The van der Waals surface area contributed by atoms with Crippen LogP contribution in [0.15, 0.2) is 77.9 Å². The summed E-state index contributed by atoms with van der Waals surface area (Å²) in [6, 6.07) is 16.6. The van der Waals surface area contributed by atoms with Gasteiger partial charge in [0.15, 0.2) is 5.82 Å². The number of H-pyrrole nitrogens is 1. The van der Waals surface area contributed by atoms with Crippen LogP contribution in [0.25, 0.3) is 44.6 Å². The van der Waals surface area contributed by atoms with Crippen LogP contribution in [0.3, 0.4) is 0 Å². The van der Waals surface area contributed by atoms with Gasteiger partial charge in [-0.2, -0.15) is 18.3 Å². The summed E-state index contributed by atoms with van der Waals surface area (Å²) in [6.07, 6.45) is -1.52. The third kappa shape index (κ3) is 5.14. The highest BCUT2D eigenvalue weighted by atomic mass is 19.4. The number of nitrogens with zero attached hydrogens (tertiary/aromatic N) is 4. The molecule has 0 bridgehead atoms. The highest BCUT2D eigenvalue weighted by Crippen LogP contribution is 2.34. The molecule has 3 aromatic heterocycles. The van der Waals surface area contributed by atoms with E-state index in [0.29, 0.717) is 39.9 Å². The van der Waals surface area contributed by atoms with Crippen molar-refractivity contribution < 1.29 is 31.9 Å². The Morgan fingerprint density at radius 3 is 2.26 bits per heavy atom. The molecule has 0 aliphatic rings. The second kappa shape index (κ2) is 10.6. The molecule has 6 rings (SSSR count). The zero-order chi connectivity index (χ0) is 30.3. The number of hydrogen-bond acceptors (Lipinski definition) is 4. The Kier molecular flexibility index (Phi) is 7.16. The molecule has 4 N–H and O–H groups in total. The number of nitrogens with two attached hydrogens (primary N) is 1. The smallest absolute Gasteiger partial charge is 0.475 e. The topological polar surface area (TPSA) is 124 Å². The number of carbonyl (C=O) groups is 1. The molecule has 42 heavy (non-hydrogen) atoms. The van der Waals surface area contributed by atoms with Crippen LogP contribution in [-0.2, 0) is 18.4 Å². The van der Waals surface area contributed by atoms with Crippen molar-refractivity contribution in [3.63, 3.8) is 0 Å². The summed E-state index contributed by atoms with van der Waals surface area (Å²) in [6.45, 7) is 0.373.